The van der Waals surface area contributed by atoms with Crippen LogP contribution in [0.5, 0.6) is 0 Å². The molecule has 4 rings (SSSR count). The van der Waals surface area contributed by atoms with Crippen LogP contribution in [0.15, 0.2) is 58.3 Å². The number of thioether (sulfide) groups is 1. The van der Waals surface area contributed by atoms with Gasteiger partial charge in [0.05, 0.1) is 18.6 Å². The number of hydrogen-bond acceptors (Lipinski definition) is 5. The summed E-state index contributed by atoms with van der Waals surface area (Å²) < 4.78 is 22.8. The van der Waals surface area contributed by atoms with E-state index in [1.165, 1.54) is 23.9 Å². The number of Topliss-reactive ketones (excluding diaryl/α,β-unsaturated/α-hetero) is 1. The molecular weight excluding hydrogens is 439 g/mol. The molecule has 0 radical (unpaired) electrons. The van der Waals surface area contributed by atoms with Crippen LogP contribution in [0, 0.1) is 19.7 Å². The van der Waals surface area contributed by atoms with E-state index in [2.05, 4.69) is 28.6 Å². The summed E-state index contributed by atoms with van der Waals surface area (Å²) in [5.41, 5.74) is 3.58. The van der Waals surface area contributed by atoms with Crippen molar-refractivity contribution < 1.29 is 13.6 Å². The van der Waals surface area contributed by atoms with Gasteiger partial charge < -0.3 is 8.98 Å². The summed E-state index contributed by atoms with van der Waals surface area (Å²) in [5.74, 6) is 1.91. The predicted octanol–water partition coefficient (Wildman–Crippen LogP) is 5.62. The molecule has 33 heavy (non-hydrogen) atoms. The Balaban J connectivity index is 1.50. The number of nitrogens with zero attached hydrogens (tertiary/aromatic N) is 4. The Labute approximate surface area is 196 Å². The lowest BCUT2D eigenvalue weighted by Gasteiger charge is -2.11. The molecule has 0 aliphatic heterocycles. The monoisotopic (exact) mass is 466 g/mol. The van der Waals surface area contributed by atoms with Crippen molar-refractivity contribution >= 4 is 17.5 Å². The zero-order chi connectivity index (χ0) is 23.5. The molecule has 0 saturated heterocycles. The molecule has 3 aromatic heterocycles. The quantitative estimate of drug-likeness (QED) is 0.236. The fourth-order valence-electron chi connectivity index (χ4n) is 3.85. The second-order valence-corrected chi connectivity index (χ2v) is 9.31. The van der Waals surface area contributed by atoms with Crippen molar-refractivity contribution in [3.63, 3.8) is 0 Å². The van der Waals surface area contributed by atoms with Gasteiger partial charge in [-0.15, -0.1) is 10.2 Å². The number of ketones is 1. The van der Waals surface area contributed by atoms with Crippen LogP contribution in [0.2, 0.25) is 0 Å². The summed E-state index contributed by atoms with van der Waals surface area (Å²) in [7, 11) is 0. The van der Waals surface area contributed by atoms with Gasteiger partial charge in [-0.2, -0.15) is 0 Å². The zero-order valence-electron chi connectivity index (χ0n) is 19.2. The molecule has 0 aliphatic rings. The molecule has 6 nitrogen and oxygen atoms in total. The third-order valence-electron chi connectivity index (χ3n) is 5.62. The lowest BCUT2D eigenvalue weighted by molar-refractivity contribution is 0.102. The van der Waals surface area contributed by atoms with Crippen molar-refractivity contribution in [2.45, 2.75) is 51.9 Å². The molecule has 0 spiro atoms. The van der Waals surface area contributed by atoms with Crippen molar-refractivity contribution in [1.29, 1.82) is 0 Å². The number of benzene rings is 1. The maximum atomic E-state index is 13.2. The highest BCUT2D eigenvalue weighted by molar-refractivity contribution is 7.99. The van der Waals surface area contributed by atoms with E-state index in [9.17, 15) is 9.18 Å². The van der Waals surface area contributed by atoms with Crippen LogP contribution in [0.3, 0.4) is 0 Å². The maximum absolute atomic E-state index is 13.2. The number of carbonyl (C=O) groups is 1. The Morgan fingerprint density at radius 2 is 1.85 bits per heavy atom. The van der Waals surface area contributed by atoms with E-state index in [0.717, 1.165) is 28.5 Å². The molecule has 0 saturated carbocycles. The van der Waals surface area contributed by atoms with Gasteiger partial charge in [-0.05, 0) is 49.7 Å². The van der Waals surface area contributed by atoms with E-state index < -0.39 is 0 Å². The van der Waals surface area contributed by atoms with Gasteiger partial charge in [0.15, 0.2) is 10.9 Å². The average molecular weight is 467 g/mol. The van der Waals surface area contributed by atoms with Crippen LogP contribution in [-0.2, 0) is 13.1 Å². The molecule has 172 valence electrons. The maximum Gasteiger partial charge on any atom is 0.192 e. The fraction of sp³-hybridized carbons (Fsp3) is 0.320. The highest BCUT2D eigenvalue weighted by Crippen LogP contribution is 2.25. The van der Waals surface area contributed by atoms with Crippen LogP contribution >= 0.6 is 11.8 Å². The Kier molecular flexibility index (Phi) is 6.83. The largest absolute Gasteiger partial charge is 0.467 e. The minimum atomic E-state index is -0.256. The molecule has 0 amide bonds. The molecule has 0 bridgehead atoms. The van der Waals surface area contributed by atoms with E-state index in [-0.39, 0.29) is 23.3 Å². The number of aryl methyl sites for hydroxylation is 1. The van der Waals surface area contributed by atoms with E-state index >= 15 is 0 Å². The molecular formula is C25H27FN4O2S. The minimum Gasteiger partial charge on any atom is -0.467 e. The molecule has 3 heterocycles. The molecule has 8 heteroatoms. The fourth-order valence-corrected chi connectivity index (χ4v) is 4.68. The van der Waals surface area contributed by atoms with Crippen molar-refractivity contribution in [2.24, 2.45) is 0 Å². The third kappa shape index (κ3) is 5.11. The average Bonchev–Trinajstić information content (AvgIpc) is 3.50. The first-order valence-corrected chi connectivity index (χ1v) is 11.8. The second kappa shape index (κ2) is 9.79. The molecule has 0 fully saturated rings. The first kappa shape index (κ1) is 23.0. The third-order valence-corrected chi connectivity index (χ3v) is 6.58. The van der Waals surface area contributed by atoms with Crippen LogP contribution in [-0.4, -0.2) is 30.9 Å². The van der Waals surface area contributed by atoms with Crippen molar-refractivity contribution in [1.82, 2.24) is 19.3 Å². The summed E-state index contributed by atoms with van der Waals surface area (Å²) >= 11 is 1.39. The number of hydrogen-bond donors (Lipinski definition) is 0. The summed E-state index contributed by atoms with van der Waals surface area (Å²) in [5, 5.41) is 9.38. The van der Waals surface area contributed by atoms with Crippen LogP contribution in [0.4, 0.5) is 4.39 Å². The lowest BCUT2D eigenvalue weighted by Crippen LogP contribution is -2.10. The lowest BCUT2D eigenvalue weighted by atomic mass is 10.2. The van der Waals surface area contributed by atoms with E-state index in [1.807, 2.05) is 36.6 Å². The number of aromatic nitrogens is 4. The standard InChI is InChI=1S/C25H27FN4O2S/c1-16(2)24-27-28-25(30(24)14-21-6-5-11-32-21)33-15-23(31)22-12-17(3)29(18(22)4)13-19-7-9-20(26)10-8-19/h5-12,16H,13-15H2,1-4H3. The molecule has 1 aromatic carbocycles. The number of furan rings is 1. The molecule has 0 N–H and O–H groups in total. The van der Waals surface area contributed by atoms with Crippen molar-refractivity contribution in [3.8, 4) is 0 Å². The van der Waals surface area contributed by atoms with Gasteiger partial charge >= 0.3 is 0 Å². The van der Waals surface area contributed by atoms with Gasteiger partial charge in [0.25, 0.3) is 0 Å². The first-order valence-electron chi connectivity index (χ1n) is 10.9. The summed E-state index contributed by atoms with van der Waals surface area (Å²) in [6.45, 7) is 9.18. The van der Waals surface area contributed by atoms with Crippen molar-refractivity contribution in [3.05, 3.63) is 88.6 Å². The highest BCUT2D eigenvalue weighted by Gasteiger charge is 2.20. The SMILES string of the molecule is Cc1cc(C(=O)CSc2nnc(C(C)C)n2Cc2ccco2)c(C)n1Cc1ccc(F)cc1. The first-order chi connectivity index (χ1) is 15.8. The summed E-state index contributed by atoms with van der Waals surface area (Å²) in [6, 6.07) is 12.1. The molecule has 0 aliphatic carbocycles. The predicted molar refractivity (Wildman–Crippen MR) is 126 cm³/mol. The normalized spacial score (nSPS) is 11.5. The van der Waals surface area contributed by atoms with Gasteiger partial charge in [-0.3, -0.25) is 9.36 Å². The molecule has 0 unspecified atom stereocenters. The van der Waals surface area contributed by atoms with Gasteiger partial charge in [-0.25, -0.2) is 4.39 Å². The smallest absolute Gasteiger partial charge is 0.192 e. The summed E-state index contributed by atoms with van der Waals surface area (Å²) in [6.07, 6.45) is 1.65. The van der Waals surface area contributed by atoms with Crippen LogP contribution in [0.1, 0.15) is 58.7 Å². The minimum absolute atomic E-state index is 0.0390. The molecule has 0 atom stereocenters. The highest BCUT2D eigenvalue weighted by atomic mass is 32.2. The topological polar surface area (TPSA) is 65.8 Å². The van der Waals surface area contributed by atoms with Crippen LogP contribution in [0.25, 0.3) is 0 Å². The Morgan fingerprint density at radius 1 is 1.09 bits per heavy atom. The Hall–Kier alpha value is -3.13. The van der Waals surface area contributed by atoms with E-state index in [1.54, 1.807) is 18.4 Å². The number of carbonyl (C=O) groups excluding carboxylic acids is 1. The Morgan fingerprint density at radius 3 is 2.52 bits per heavy atom. The van der Waals surface area contributed by atoms with Crippen molar-refractivity contribution in [2.75, 3.05) is 5.75 Å². The van der Waals surface area contributed by atoms with Gasteiger partial charge in [0, 0.05) is 29.4 Å². The van der Waals surface area contributed by atoms with Gasteiger partial charge in [-0.1, -0.05) is 37.7 Å². The van der Waals surface area contributed by atoms with Gasteiger partial charge in [0.2, 0.25) is 0 Å². The zero-order valence-corrected chi connectivity index (χ0v) is 20.0. The number of rotatable bonds is 9. The second-order valence-electron chi connectivity index (χ2n) is 8.37. The van der Waals surface area contributed by atoms with Gasteiger partial charge in [0.1, 0.15) is 17.4 Å². The number of halogens is 1. The Bertz CT molecular complexity index is 1240. The van der Waals surface area contributed by atoms with E-state index in [4.69, 9.17) is 4.42 Å². The van der Waals surface area contributed by atoms with Crippen LogP contribution < -0.4 is 0 Å². The van der Waals surface area contributed by atoms with E-state index in [0.29, 0.717) is 23.8 Å². The summed E-state index contributed by atoms with van der Waals surface area (Å²) in [4.78, 5) is 13.1. The molecule has 4 aromatic rings.